The fourth-order valence-electron chi connectivity index (χ4n) is 1.39. The zero-order valence-electron chi connectivity index (χ0n) is 7.92. The molecule has 1 rings (SSSR count). The monoisotopic (exact) mass is 258 g/mol. The average molecular weight is 258 g/mol. The van der Waals surface area contributed by atoms with Crippen LogP contribution in [-0.2, 0) is 15.0 Å². The van der Waals surface area contributed by atoms with Gasteiger partial charge in [0.1, 0.15) is 18.3 Å². The fourth-order valence-corrected chi connectivity index (χ4v) is 1.98. The smallest absolute Gasteiger partial charge is 0.174 e. The van der Waals surface area contributed by atoms with Gasteiger partial charge in [0, 0.05) is 0 Å². The molecule has 0 spiro atoms. The molecular formula is C6H12NO8S-. The lowest BCUT2D eigenvalue weighted by Crippen LogP contribution is -2.64. The minimum Gasteiger partial charge on any atom is -0.735 e. The SMILES string of the molecule is O=S(=O)([O-])NC1C(O)OC(CO)[C@@H](O)[C@@H]1O. The summed E-state index contributed by atoms with van der Waals surface area (Å²) in [5, 5.41) is 36.7. The third-order valence-electron chi connectivity index (χ3n) is 2.18. The van der Waals surface area contributed by atoms with E-state index in [0.29, 0.717) is 0 Å². The van der Waals surface area contributed by atoms with Crippen molar-refractivity contribution in [2.75, 3.05) is 6.61 Å². The number of rotatable bonds is 3. The van der Waals surface area contributed by atoms with E-state index in [9.17, 15) is 28.3 Å². The van der Waals surface area contributed by atoms with Crippen LogP contribution in [0.1, 0.15) is 0 Å². The molecule has 1 heterocycles. The van der Waals surface area contributed by atoms with E-state index < -0.39 is 47.6 Å². The molecule has 1 aliphatic rings. The van der Waals surface area contributed by atoms with Crippen molar-refractivity contribution < 1.29 is 38.1 Å². The van der Waals surface area contributed by atoms with Crippen LogP contribution in [0.3, 0.4) is 0 Å². The van der Waals surface area contributed by atoms with Crippen LogP contribution in [0.2, 0.25) is 0 Å². The summed E-state index contributed by atoms with van der Waals surface area (Å²) in [6.07, 6.45) is -6.46. The number of hydrogen-bond acceptors (Lipinski definition) is 8. The van der Waals surface area contributed by atoms with E-state index in [1.165, 1.54) is 4.72 Å². The van der Waals surface area contributed by atoms with Crippen LogP contribution in [0, 0.1) is 0 Å². The van der Waals surface area contributed by atoms with Crippen molar-refractivity contribution in [3.05, 3.63) is 0 Å². The van der Waals surface area contributed by atoms with Gasteiger partial charge in [0.05, 0.1) is 12.6 Å². The predicted molar refractivity (Wildman–Crippen MR) is 46.6 cm³/mol. The maximum absolute atomic E-state index is 10.4. The molecule has 1 aliphatic heterocycles. The van der Waals surface area contributed by atoms with Crippen LogP contribution in [0.25, 0.3) is 0 Å². The molecule has 0 aromatic carbocycles. The largest absolute Gasteiger partial charge is 0.735 e. The first kappa shape index (κ1) is 13.7. The molecule has 96 valence electrons. The molecule has 0 radical (unpaired) electrons. The Balaban J connectivity index is 2.80. The molecule has 0 aliphatic carbocycles. The standard InChI is InChI=1S/C6H13NO8S/c8-1-2-4(9)5(10)3(6(11)15-2)7-16(12,13)14/h2-11H,1H2,(H,12,13,14)/p-1/t2?,3?,4-,5-,6?/m1/s1. The summed E-state index contributed by atoms with van der Waals surface area (Å²) in [5.74, 6) is 0. The van der Waals surface area contributed by atoms with Crippen LogP contribution in [0.4, 0.5) is 0 Å². The van der Waals surface area contributed by atoms with Gasteiger partial charge in [-0.1, -0.05) is 0 Å². The van der Waals surface area contributed by atoms with Crippen molar-refractivity contribution in [3.8, 4) is 0 Å². The van der Waals surface area contributed by atoms with Gasteiger partial charge in [-0.15, -0.1) is 0 Å². The van der Waals surface area contributed by atoms with Gasteiger partial charge >= 0.3 is 0 Å². The molecule has 10 heteroatoms. The number of ether oxygens (including phenoxy) is 1. The Morgan fingerprint density at radius 2 is 1.81 bits per heavy atom. The first-order valence-electron chi connectivity index (χ1n) is 4.30. The maximum atomic E-state index is 10.4. The molecule has 1 saturated heterocycles. The molecule has 16 heavy (non-hydrogen) atoms. The van der Waals surface area contributed by atoms with Crippen LogP contribution < -0.4 is 4.72 Å². The predicted octanol–water partition coefficient (Wildman–Crippen LogP) is -4.16. The van der Waals surface area contributed by atoms with Crippen molar-refractivity contribution in [2.24, 2.45) is 0 Å². The normalized spacial score (nSPS) is 40.9. The van der Waals surface area contributed by atoms with Crippen molar-refractivity contribution in [1.29, 1.82) is 0 Å². The second-order valence-electron chi connectivity index (χ2n) is 3.33. The molecule has 0 saturated carbocycles. The van der Waals surface area contributed by atoms with Gasteiger partial charge < -0.3 is 29.7 Å². The second kappa shape index (κ2) is 4.89. The number of aliphatic hydroxyl groups excluding tert-OH is 4. The number of hydrogen-bond donors (Lipinski definition) is 5. The number of aliphatic hydroxyl groups is 4. The molecule has 0 aromatic rings. The van der Waals surface area contributed by atoms with Crippen LogP contribution in [0.15, 0.2) is 0 Å². The van der Waals surface area contributed by atoms with Gasteiger partial charge in [-0.3, -0.25) is 0 Å². The Morgan fingerprint density at radius 3 is 2.25 bits per heavy atom. The molecule has 0 amide bonds. The lowest BCUT2D eigenvalue weighted by Gasteiger charge is -2.40. The summed E-state index contributed by atoms with van der Waals surface area (Å²) in [6.45, 7) is -0.674. The van der Waals surface area contributed by atoms with Gasteiger partial charge in [-0.05, 0) is 0 Å². The van der Waals surface area contributed by atoms with Gasteiger partial charge in [-0.2, -0.15) is 0 Å². The van der Waals surface area contributed by atoms with Crippen LogP contribution in [0.5, 0.6) is 0 Å². The summed E-state index contributed by atoms with van der Waals surface area (Å²) < 4.78 is 37.1. The highest BCUT2D eigenvalue weighted by atomic mass is 32.2. The molecule has 1 fully saturated rings. The zero-order chi connectivity index (χ0) is 12.5. The minimum atomic E-state index is -4.91. The topological polar surface area (TPSA) is 159 Å². The molecule has 9 nitrogen and oxygen atoms in total. The zero-order valence-corrected chi connectivity index (χ0v) is 8.74. The van der Waals surface area contributed by atoms with Crippen molar-refractivity contribution in [2.45, 2.75) is 30.6 Å². The summed E-state index contributed by atoms with van der Waals surface area (Å²) in [6, 6.07) is -1.68. The lowest BCUT2D eigenvalue weighted by atomic mass is 9.98. The highest BCUT2D eigenvalue weighted by molar-refractivity contribution is 7.83. The maximum Gasteiger partial charge on any atom is 0.174 e. The Labute approximate surface area is 91.2 Å². The molecule has 3 unspecified atom stereocenters. The van der Waals surface area contributed by atoms with E-state index in [-0.39, 0.29) is 0 Å². The summed E-state index contributed by atoms with van der Waals surface area (Å²) in [4.78, 5) is 0. The van der Waals surface area contributed by atoms with Gasteiger partial charge in [0.15, 0.2) is 16.6 Å². The Kier molecular flexibility index (Phi) is 4.20. The van der Waals surface area contributed by atoms with E-state index in [1.807, 2.05) is 0 Å². The summed E-state index contributed by atoms with van der Waals surface area (Å²) >= 11 is 0. The second-order valence-corrected chi connectivity index (χ2v) is 4.47. The van der Waals surface area contributed by atoms with Crippen molar-refractivity contribution >= 4 is 10.3 Å². The molecule has 0 bridgehead atoms. The first-order valence-corrected chi connectivity index (χ1v) is 5.70. The average Bonchev–Trinajstić information content (AvgIpc) is 2.17. The van der Waals surface area contributed by atoms with Gasteiger partial charge in [-0.25, -0.2) is 13.1 Å². The Bertz CT molecular complexity index is 331. The van der Waals surface area contributed by atoms with Gasteiger partial charge in [0.2, 0.25) is 0 Å². The van der Waals surface area contributed by atoms with E-state index in [0.717, 1.165) is 0 Å². The minimum absolute atomic E-state index is 0.674. The fraction of sp³-hybridized carbons (Fsp3) is 1.00. The van der Waals surface area contributed by atoms with Crippen molar-refractivity contribution in [3.63, 3.8) is 0 Å². The van der Waals surface area contributed by atoms with Gasteiger partial charge in [0.25, 0.3) is 0 Å². The van der Waals surface area contributed by atoms with E-state index in [2.05, 4.69) is 4.74 Å². The molecule has 5 N–H and O–H groups in total. The molecule has 0 aromatic heterocycles. The lowest BCUT2D eigenvalue weighted by molar-refractivity contribution is -0.251. The number of nitrogens with one attached hydrogen (secondary N) is 1. The van der Waals surface area contributed by atoms with Crippen LogP contribution >= 0.6 is 0 Å². The van der Waals surface area contributed by atoms with E-state index >= 15 is 0 Å². The Hall–Kier alpha value is -0.330. The van der Waals surface area contributed by atoms with E-state index in [1.54, 1.807) is 0 Å². The summed E-state index contributed by atoms with van der Waals surface area (Å²) in [7, 11) is -4.91. The summed E-state index contributed by atoms with van der Waals surface area (Å²) in [5.41, 5.74) is 0. The Morgan fingerprint density at radius 1 is 1.25 bits per heavy atom. The van der Waals surface area contributed by atoms with E-state index in [4.69, 9.17) is 5.11 Å². The quantitative estimate of drug-likeness (QED) is 0.319. The molecular weight excluding hydrogens is 246 g/mol. The third-order valence-corrected chi connectivity index (χ3v) is 2.74. The highest BCUT2D eigenvalue weighted by Crippen LogP contribution is 2.19. The highest BCUT2D eigenvalue weighted by Gasteiger charge is 2.44. The molecule has 5 atom stereocenters. The third kappa shape index (κ3) is 3.09. The van der Waals surface area contributed by atoms with Crippen LogP contribution in [-0.4, -0.2) is 70.6 Å². The van der Waals surface area contributed by atoms with Crippen molar-refractivity contribution in [1.82, 2.24) is 4.72 Å². The first-order chi connectivity index (χ1) is 7.26.